The van der Waals surface area contributed by atoms with Gasteiger partial charge in [-0.05, 0) is 37.1 Å². The van der Waals surface area contributed by atoms with Gasteiger partial charge in [0.15, 0.2) is 0 Å². The van der Waals surface area contributed by atoms with E-state index in [4.69, 9.17) is 15.2 Å². The minimum atomic E-state index is -0.445. The van der Waals surface area contributed by atoms with Crippen molar-refractivity contribution in [1.82, 2.24) is 0 Å². The van der Waals surface area contributed by atoms with Gasteiger partial charge in [0.2, 0.25) is 0 Å². The standard InChI is InChI=1S/C16H22N2O5.ClH/c1-21-15(19)8-9-22-12-4-2-11(3-5-12)18-16(20)14-7-6-13(10-17)23-14;/h2-5,13-14H,6-10,17H2,1H3,(H,18,20);1H/t13-,14+;/m1./s1. The zero-order chi connectivity index (χ0) is 16.7. The van der Waals surface area contributed by atoms with Crippen molar-refractivity contribution in [2.45, 2.75) is 31.5 Å². The van der Waals surface area contributed by atoms with Crippen LogP contribution in [0.15, 0.2) is 24.3 Å². The van der Waals surface area contributed by atoms with Gasteiger partial charge in [-0.25, -0.2) is 0 Å². The smallest absolute Gasteiger partial charge is 0.308 e. The first kappa shape index (κ1) is 20.2. The number of nitrogens with one attached hydrogen (secondary N) is 1. The Balaban J connectivity index is 0.00000288. The Kier molecular flexibility index (Phi) is 8.53. The number of nitrogens with two attached hydrogens (primary N) is 1. The number of amides is 1. The van der Waals surface area contributed by atoms with E-state index in [2.05, 4.69) is 10.1 Å². The molecule has 1 saturated heterocycles. The molecular formula is C16H23ClN2O5. The Labute approximate surface area is 147 Å². The fraction of sp³-hybridized carbons (Fsp3) is 0.500. The van der Waals surface area contributed by atoms with Crippen LogP contribution in [-0.4, -0.2) is 44.3 Å². The highest BCUT2D eigenvalue weighted by molar-refractivity contribution is 5.94. The van der Waals surface area contributed by atoms with Gasteiger partial charge in [0.05, 0.1) is 26.2 Å². The van der Waals surface area contributed by atoms with Crippen molar-refractivity contribution >= 4 is 30.0 Å². The van der Waals surface area contributed by atoms with Crippen LogP contribution in [-0.2, 0) is 19.1 Å². The summed E-state index contributed by atoms with van der Waals surface area (Å²) < 4.78 is 15.5. The van der Waals surface area contributed by atoms with E-state index in [-0.39, 0.29) is 43.4 Å². The SMILES string of the molecule is COC(=O)CCOc1ccc(NC(=O)[C@@H]2CC[C@H](CN)O2)cc1.Cl. The lowest BCUT2D eigenvalue weighted by Crippen LogP contribution is -2.29. The van der Waals surface area contributed by atoms with E-state index >= 15 is 0 Å². The highest BCUT2D eigenvalue weighted by Crippen LogP contribution is 2.21. The van der Waals surface area contributed by atoms with Crippen LogP contribution in [0.1, 0.15) is 19.3 Å². The van der Waals surface area contributed by atoms with Gasteiger partial charge in [-0.2, -0.15) is 0 Å². The van der Waals surface area contributed by atoms with E-state index in [1.807, 2.05) is 0 Å². The van der Waals surface area contributed by atoms with Crippen molar-refractivity contribution in [2.75, 3.05) is 25.6 Å². The van der Waals surface area contributed by atoms with Gasteiger partial charge in [-0.1, -0.05) is 0 Å². The van der Waals surface area contributed by atoms with Gasteiger partial charge < -0.3 is 25.3 Å². The largest absolute Gasteiger partial charge is 0.493 e. The van der Waals surface area contributed by atoms with Crippen LogP contribution in [0.5, 0.6) is 5.75 Å². The van der Waals surface area contributed by atoms with E-state index in [0.717, 1.165) is 6.42 Å². The Morgan fingerprint density at radius 3 is 2.58 bits per heavy atom. The number of carbonyl (C=O) groups excluding carboxylic acids is 2. The Morgan fingerprint density at radius 1 is 1.29 bits per heavy atom. The molecule has 0 aliphatic carbocycles. The molecule has 1 amide bonds. The predicted molar refractivity (Wildman–Crippen MR) is 91.4 cm³/mol. The average Bonchev–Trinajstić information content (AvgIpc) is 3.05. The van der Waals surface area contributed by atoms with Gasteiger partial charge in [0, 0.05) is 12.2 Å². The number of anilines is 1. The molecular weight excluding hydrogens is 336 g/mol. The zero-order valence-corrected chi connectivity index (χ0v) is 14.3. The number of benzene rings is 1. The number of ether oxygens (including phenoxy) is 3. The lowest BCUT2D eigenvalue weighted by atomic mass is 10.2. The van der Waals surface area contributed by atoms with Crippen LogP contribution < -0.4 is 15.8 Å². The molecule has 134 valence electrons. The molecule has 8 heteroatoms. The molecule has 0 aromatic heterocycles. The third kappa shape index (κ3) is 5.99. The summed E-state index contributed by atoms with van der Waals surface area (Å²) in [7, 11) is 1.34. The maximum absolute atomic E-state index is 12.1. The molecule has 0 radical (unpaired) electrons. The Hall–Kier alpha value is -1.83. The van der Waals surface area contributed by atoms with E-state index in [9.17, 15) is 9.59 Å². The summed E-state index contributed by atoms with van der Waals surface area (Å²) in [5.74, 6) is 0.133. The van der Waals surface area contributed by atoms with Crippen LogP contribution >= 0.6 is 12.4 Å². The fourth-order valence-electron chi connectivity index (χ4n) is 2.28. The lowest BCUT2D eigenvalue weighted by Gasteiger charge is -2.13. The topological polar surface area (TPSA) is 99.9 Å². The molecule has 7 nitrogen and oxygen atoms in total. The number of hydrogen-bond donors (Lipinski definition) is 2. The number of hydrogen-bond acceptors (Lipinski definition) is 6. The summed E-state index contributed by atoms with van der Waals surface area (Å²) in [4.78, 5) is 23.1. The van der Waals surface area contributed by atoms with Crippen LogP contribution in [0.25, 0.3) is 0 Å². The van der Waals surface area contributed by atoms with Crippen LogP contribution in [0.2, 0.25) is 0 Å². The van der Waals surface area contributed by atoms with E-state index in [0.29, 0.717) is 24.4 Å². The second-order valence-electron chi connectivity index (χ2n) is 5.25. The Bertz CT molecular complexity index is 538. The molecule has 2 atom stereocenters. The van der Waals surface area contributed by atoms with Gasteiger partial charge in [0.1, 0.15) is 11.9 Å². The minimum absolute atomic E-state index is 0. The second-order valence-corrected chi connectivity index (χ2v) is 5.25. The number of rotatable bonds is 7. The van der Waals surface area contributed by atoms with Crippen molar-refractivity contribution in [3.8, 4) is 5.75 Å². The molecule has 1 aliphatic heterocycles. The number of esters is 1. The normalized spacial score (nSPS) is 19.2. The molecule has 1 aromatic rings. The van der Waals surface area contributed by atoms with Crippen molar-refractivity contribution in [1.29, 1.82) is 0 Å². The quantitative estimate of drug-likeness (QED) is 0.716. The molecule has 0 spiro atoms. The molecule has 1 fully saturated rings. The summed E-state index contributed by atoms with van der Waals surface area (Å²) in [5, 5.41) is 2.80. The van der Waals surface area contributed by atoms with Crippen molar-refractivity contribution in [2.24, 2.45) is 5.73 Å². The summed E-state index contributed by atoms with van der Waals surface area (Å²) in [5.41, 5.74) is 6.20. The molecule has 1 aliphatic rings. The highest BCUT2D eigenvalue weighted by Gasteiger charge is 2.29. The number of halogens is 1. The third-order valence-electron chi connectivity index (χ3n) is 3.59. The zero-order valence-electron chi connectivity index (χ0n) is 13.5. The second kappa shape index (κ2) is 10.1. The summed E-state index contributed by atoms with van der Waals surface area (Å²) >= 11 is 0. The molecule has 0 bridgehead atoms. The van der Waals surface area contributed by atoms with Gasteiger partial charge >= 0.3 is 5.97 Å². The molecule has 24 heavy (non-hydrogen) atoms. The van der Waals surface area contributed by atoms with Crippen molar-refractivity contribution < 1.29 is 23.8 Å². The van der Waals surface area contributed by atoms with Crippen molar-refractivity contribution in [3.05, 3.63) is 24.3 Å². The Morgan fingerprint density at radius 2 is 2.00 bits per heavy atom. The maximum Gasteiger partial charge on any atom is 0.308 e. The van der Waals surface area contributed by atoms with E-state index < -0.39 is 6.10 Å². The van der Waals surface area contributed by atoms with E-state index in [1.165, 1.54) is 7.11 Å². The van der Waals surface area contributed by atoms with Crippen molar-refractivity contribution in [3.63, 3.8) is 0 Å². The molecule has 1 heterocycles. The first-order chi connectivity index (χ1) is 11.1. The monoisotopic (exact) mass is 358 g/mol. The predicted octanol–water partition coefficient (Wildman–Crippen LogP) is 1.50. The highest BCUT2D eigenvalue weighted by atomic mass is 35.5. The number of carbonyl (C=O) groups is 2. The summed E-state index contributed by atoms with van der Waals surface area (Å²) in [6, 6.07) is 6.93. The molecule has 3 N–H and O–H groups in total. The van der Waals surface area contributed by atoms with Crippen LogP contribution in [0.3, 0.4) is 0 Å². The first-order valence-electron chi connectivity index (χ1n) is 7.58. The molecule has 2 rings (SSSR count). The van der Waals surface area contributed by atoms with Gasteiger partial charge in [-0.15, -0.1) is 12.4 Å². The minimum Gasteiger partial charge on any atom is -0.493 e. The average molecular weight is 359 g/mol. The summed E-state index contributed by atoms with van der Waals surface area (Å²) in [6.07, 6.45) is 1.20. The molecule has 0 saturated carbocycles. The molecule has 0 unspecified atom stereocenters. The molecule has 1 aromatic carbocycles. The van der Waals surface area contributed by atoms with Crippen LogP contribution in [0, 0.1) is 0 Å². The third-order valence-corrected chi connectivity index (χ3v) is 3.59. The van der Waals surface area contributed by atoms with Gasteiger partial charge in [-0.3, -0.25) is 9.59 Å². The lowest BCUT2D eigenvalue weighted by molar-refractivity contribution is -0.141. The maximum atomic E-state index is 12.1. The van der Waals surface area contributed by atoms with Crippen LogP contribution in [0.4, 0.5) is 5.69 Å². The number of methoxy groups -OCH3 is 1. The van der Waals surface area contributed by atoms with Gasteiger partial charge in [0.25, 0.3) is 5.91 Å². The van der Waals surface area contributed by atoms with E-state index in [1.54, 1.807) is 24.3 Å². The summed E-state index contributed by atoms with van der Waals surface area (Å²) in [6.45, 7) is 0.677. The fourth-order valence-corrected chi connectivity index (χ4v) is 2.28. The first-order valence-corrected chi connectivity index (χ1v) is 7.58.